The van der Waals surface area contributed by atoms with E-state index in [4.69, 9.17) is 4.74 Å². The van der Waals surface area contributed by atoms with Gasteiger partial charge in [0.1, 0.15) is 0 Å². The van der Waals surface area contributed by atoms with E-state index in [2.05, 4.69) is 23.6 Å². The lowest BCUT2D eigenvalue weighted by Crippen LogP contribution is -2.40. The number of nitro groups is 1. The number of hydrogen-bond donors (Lipinski definition) is 0. The van der Waals surface area contributed by atoms with E-state index in [0.29, 0.717) is 32.8 Å². The van der Waals surface area contributed by atoms with Crippen molar-refractivity contribution in [3.8, 4) is 0 Å². The monoisotopic (exact) mass is 446 g/mol. The van der Waals surface area contributed by atoms with Gasteiger partial charge in [0.05, 0.1) is 40.6 Å². The molecule has 2 aromatic carbocycles. The van der Waals surface area contributed by atoms with E-state index in [1.807, 2.05) is 6.07 Å². The number of morpholine rings is 1. The van der Waals surface area contributed by atoms with Crippen LogP contribution in [0.4, 0.5) is 17.1 Å². The fourth-order valence-electron chi connectivity index (χ4n) is 4.22. The molecular formula is C21H26N4O5S. The summed E-state index contributed by atoms with van der Waals surface area (Å²) in [6.45, 7) is 6.93. The zero-order chi connectivity index (χ0) is 22.2. The summed E-state index contributed by atoms with van der Waals surface area (Å²) >= 11 is 0. The average molecular weight is 447 g/mol. The number of nitrogens with zero attached hydrogens (tertiary/aromatic N) is 4. The summed E-state index contributed by atoms with van der Waals surface area (Å²) in [6, 6.07) is 11.8. The minimum absolute atomic E-state index is 0.0246. The molecule has 2 aromatic rings. The van der Waals surface area contributed by atoms with Gasteiger partial charge in [0.15, 0.2) is 0 Å². The van der Waals surface area contributed by atoms with Crippen LogP contribution in [0.5, 0.6) is 0 Å². The Kier molecular flexibility index (Phi) is 5.87. The molecule has 0 radical (unpaired) electrons. The van der Waals surface area contributed by atoms with Crippen molar-refractivity contribution in [2.75, 3.05) is 42.6 Å². The minimum Gasteiger partial charge on any atom is -0.379 e. The quantitative estimate of drug-likeness (QED) is 0.497. The van der Waals surface area contributed by atoms with Gasteiger partial charge >= 0.3 is 0 Å². The van der Waals surface area contributed by atoms with E-state index in [9.17, 15) is 18.5 Å². The summed E-state index contributed by atoms with van der Waals surface area (Å²) in [6.07, 6.45) is 0.0246. The normalized spacial score (nSPS) is 19.5. The second-order valence-corrected chi connectivity index (χ2v) is 9.57. The second-order valence-electron chi connectivity index (χ2n) is 7.64. The lowest BCUT2D eigenvalue weighted by Gasteiger charge is -2.29. The van der Waals surface area contributed by atoms with Gasteiger partial charge in [0.2, 0.25) is 10.0 Å². The standard InChI is InChI=1S/C21H26N4O5S/c1-3-23-16(2)24(15-17-4-6-18(7-5-17)25(26)27)21-14-19(8-9-20(21)23)31(28,29)22-10-12-30-13-11-22/h4-9,14,16H,3,10-13,15H2,1-2H3/t16-/m0/s1. The molecule has 0 amide bonds. The Balaban J connectivity index is 1.67. The van der Waals surface area contributed by atoms with Crippen LogP contribution in [0, 0.1) is 10.1 Å². The van der Waals surface area contributed by atoms with Crippen LogP contribution < -0.4 is 9.80 Å². The van der Waals surface area contributed by atoms with Crippen molar-refractivity contribution in [2.45, 2.75) is 31.5 Å². The van der Waals surface area contributed by atoms with Gasteiger partial charge in [0, 0.05) is 38.3 Å². The molecule has 1 fully saturated rings. The zero-order valence-electron chi connectivity index (χ0n) is 17.6. The van der Waals surface area contributed by atoms with Crippen molar-refractivity contribution in [1.29, 1.82) is 0 Å². The lowest BCUT2D eigenvalue weighted by atomic mass is 10.2. The molecule has 166 valence electrons. The van der Waals surface area contributed by atoms with Crippen molar-refractivity contribution in [3.63, 3.8) is 0 Å². The summed E-state index contributed by atoms with van der Waals surface area (Å²) < 4.78 is 33.1. The van der Waals surface area contributed by atoms with Crippen molar-refractivity contribution in [1.82, 2.24) is 4.31 Å². The molecule has 0 spiro atoms. The Morgan fingerprint density at radius 1 is 1.06 bits per heavy atom. The highest BCUT2D eigenvalue weighted by atomic mass is 32.2. The summed E-state index contributed by atoms with van der Waals surface area (Å²) in [5.74, 6) is 0. The molecule has 0 aliphatic carbocycles. The van der Waals surface area contributed by atoms with Crippen LogP contribution in [0.25, 0.3) is 0 Å². The largest absolute Gasteiger partial charge is 0.379 e. The van der Waals surface area contributed by atoms with Crippen LogP contribution in [0.15, 0.2) is 47.4 Å². The third-order valence-corrected chi connectivity index (χ3v) is 7.81. The maximum atomic E-state index is 13.2. The molecule has 0 unspecified atom stereocenters. The first kappa shape index (κ1) is 21.5. The number of nitro benzene ring substituents is 1. The number of benzene rings is 2. The fourth-order valence-corrected chi connectivity index (χ4v) is 5.64. The molecule has 2 aliphatic rings. The topological polar surface area (TPSA) is 96.2 Å². The van der Waals surface area contributed by atoms with Gasteiger partial charge < -0.3 is 14.5 Å². The van der Waals surface area contributed by atoms with Crippen molar-refractivity contribution in [2.24, 2.45) is 0 Å². The zero-order valence-corrected chi connectivity index (χ0v) is 18.4. The molecule has 0 bridgehead atoms. The molecule has 0 N–H and O–H groups in total. The van der Waals surface area contributed by atoms with E-state index < -0.39 is 14.9 Å². The van der Waals surface area contributed by atoms with Crippen LogP contribution in [-0.2, 0) is 21.3 Å². The smallest absolute Gasteiger partial charge is 0.269 e. The molecule has 31 heavy (non-hydrogen) atoms. The molecule has 9 nitrogen and oxygen atoms in total. The third-order valence-electron chi connectivity index (χ3n) is 5.92. The molecule has 10 heteroatoms. The van der Waals surface area contributed by atoms with Crippen molar-refractivity contribution < 1.29 is 18.1 Å². The van der Waals surface area contributed by atoms with Gasteiger partial charge in [-0.05, 0) is 37.6 Å². The predicted octanol–water partition coefficient (Wildman–Crippen LogP) is 2.81. The Labute approximate surface area is 182 Å². The van der Waals surface area contributed by atoms with E-state index in [-0.39, 0.29) is 16.7 Å². The molecule has 0 aromatic heterocycles. The Morgan fingerprint density at radius 2 is 1.74 bits per heavy atom. The van der Waals surface area contributed by atoms with Gasteiger partial charge in [-0.3, -0.25) is 10.1 Å². The molecule has 4 rings (SSSR count). The number of fused-ring (bicyclic) bond motifs is 1. The maximum absolute atomic E-state index is 13.2. The average Bonchev–Trinajstić information content (AvgIpc) is 3.04. The van der Waals surface area contributed by atoms with Gasteiger partial charge in [-0.25, -0.2) is 8.42 Å². The molecular weight excluding hydrogens is 420 g/mol. The summed E-state index contributed by atoms with van der Waals surface area (Å²) in [5.41, 5.74) is 2.80. The summed E-state index contributed by atoms with van der Waals surface area (Å²) in [5, 5.41) is 10.9. The number of hydrogen-bond acceptors (Lipinski definition) is 7. The summed E-state index contributed by atoms with van der Waals surface area (Å²) in [7, 11) is -3.60. The number of non-ortho nitro benzene ring substituents is 1. The van der Waals surface area contributed by atoms with Crippen molar-refractivity contribution in [3.05, 3.63) is 58.1 Å². The van der Waals surface area contributed by atoms with Gasteiger partial charge in [-0.1, -0.05) is 12.1 Å². The molecule has 1 atom stereocenters. The first-order chi connectivity index (χ1) is 14.8. The number of ether oxygens (including phenoxy) is 1. The highest BCUT2D eigenvalue weighted by Crippen LogP contribution is 2.42. The van der Waals surface area contributed by atoms with Crippen LogP contribution in [0.3, 0.4) is 0 Å². The van der Waals surface area contributed by atoms with E-state index in [0.717, 1.165) is 23.5 Å². The number of sulfonamides is 1. The molecule has 2 aliphatic heterocycles. The first-order valence-corrected chi connectivity index (χ1v) is 11.8. The SMILES string of the molecule is CCN1c2ccc(S(=O)(=O)N3CCOCC3)cc2N(Cc2ccc([N+](=O)[O-])cc2)[C@H]1C. The lowest BCUT2D eigenvalue weighted by molar-refractivity contribution is -0.384. The minimum atomic E-state index is -3.60. The number of anilines is 2. The number of rotatable bonds is 6. The second kappa shape index (κ2) is 8.45. The molecule has 0 saturated carbocycles. The van der Waals surface area contributed by atoms with E-state index in [1.165, 1.54) is 16.4 Å². The van der Waals surface area contributed by atoms with Crippen LogP contribution in [0.2, 0.25) is 0 Å². The highest BCUT2D eigenvalue weighted by molar-refractivity contribution is 7.89. The van der Waals surface area contributed by atoms with E-state index in [1.54, 1.807) is 24.3 Å². The van der Waals surface area contributed by atoms with Crippen LogP contribution >= 0.6 is 0 Å². The highest BCUT2D eigenvalue weighted by Gasteiger charge is 2.34. The molecule has 1 saturated heterocycles. The van der Waals surface area contributed by atoms with Crippen molar-refractivity contribution >= 4 is 27.1 Å². The fraction of sp³-hybridized carbons (Fsp3) is 0.429. The van der Waals surface area contributed by atoms with Gasteiger partial charge in [0.25, 0.3) is 5.69 Å². The Hall–Kier alpha value is -2.69. The third kappa shape index (κ3) is 3.98. The molecule has 2 heterocycles. The van der Waals surface area contributed by atoms with Gasteiger partial charge in [-0.2, -0.15) is 4.31 Å². The van der Waals surface area contributed by atoms with Gasteiger partial charge in [-0.15, -0.1) is 0 Å². The maximum Gasteiger partial charge on any atom is 0.269 e. The Bertz CT molecular complexity index is 1070. The Morgan fingerprint density at radius 3 is 2.35 bits per heavy atom. The first-order valence-electron chi connectivity index (χ1n) is 10.3. The summed E-state index contributed by atoms with van der Waals surface area (Å²) in [4.78, 5) is 15.1. The van der Waals surface area contributed by atoms with Crippen LogP contribution in [-0.4, -0.2) is 56.7 Å². The predicted molar refractivity (Wildman–Crippen MR) is 118 cm³/mol. The van der Waals surface area contributed by atoms with Crippen LogP contribution in [0.1, 0.15) is 19.4 Å². The van der Waals surface area contributed by atoms with E-state index >= 15 is 0 Å².